The van der Waals surface area contributed by atoms with Crippen LogP contribution in [0.2, 0.25) is 0 Å². The van der Waals surface area contributed by atoms with Crippen LogP contribution in [-0.2, 0) is 28.4 Å². The number of nitrogens with zero attached hydrogens (tertiary/aromatic N) is 1. The van der Waals surface area contributed by atoms with Crippen LogP contribution in [0, 0.1) is 17.2 Å². The van der Waals surface area contributed by atoms with Crippen molar-refractivity contribution in [2.75, 3.05) is 20.3 Å². The lowest BCUT2D eigenvalue weighted by molar-refractivity contribution is -0.228. The van der Waals surface area contributed by atoms with Gasteiger partial charge in [-0.25, -0.2) is 0 Å². The smallest absolute Gasteiger partial charge is 0.186 e. The topological polar surface area (TPSA) is 79.2 Å². The van der Waals surface area contributed by atoms with E-state index in [4.69, 9.17) is 28.4 Å². The van der Waals surface area contributed by atoms with E-state index in [0.717, 1.165) is 0 Å². The van der Waals surface area contributed by atoms with Gasteiger partial charge in [0.2, 0.25) is 0 Å². The summed E-state index contributed by atoms with van der Waals surface area (Å²) in [5.41, 5.74) is 0. The van der Waals surface area contributed by atoms with Gasteiger partial charge < -0.3 is 28.4 Å². The molecule has 0 aromatic carbocycles. The predicted octanol–water partition coefficient (Wildman–Crippen LogP) is 2.59. The lowest BCUT2D eigenvalue weighted by Gasteiger charge is -2.25. The lowest BCUT2D eigenvalue weighted by Crippen LogP contribution is -2.31. The summed E-state index contributed by atoms with van der Waals surface area (Å²) in [5, 5.41) is 9.53. The van der Waals surface area contributed by atoms with Crippen molar-refractivity contribution in [1.82, 2.24) is 0 Å². The molecule has 0 amide bonds. The van der Waals surface area contributed by atoms with E-state index in [1.165, 1.54) is 0 Å². The van der Waals surface area contributed by atoms with E-state index in [1.54, 1.807) is 7.11 Å². The molecule has 0 N–H and O–H groups in total. The molecule has 5 atom stereocenters. The number of nitriles is 1. The maximum atomic E-state index is 9.53. The van der Waals surface area contributed by atoms with Crippen molar-refractivity contribution in [3.63, 3.8) is 0 Å². The van der Waals surface area contributed by atoms with Gasteiger partial charge in [-0.05, 0) is 47.0 Å². The summed E-state index contributed by atoms with van der Waals surface area (Å²) in [7, 11) is 1.59. The summed E-state index contributed by atoms with van der Waals surface area (Å²) in [4.78, 5) is 0. The molecule has 7 heteroatoms. The van der Waals surface area contributed by atoms with Gasteiger partial charge in [-0.15, -0.1) is 0 Å². The van der Waals surface area contributed by atoms with Crippen molar-refractivity contribution in [2.24, 2.45) is 5.92 Å². The van der Waals surface area contributed by atoms with Gasteiger partial charge >= 0.3 is 0 Å². The Morgan fingerprint density at radius 1 is 1.08 bits per heavy atom. The van der Waals surface area contributed by atoms with Crippen LogP contribution in [0.3, 0.4) is 0 Å². The SMILES string of the molecule is CCOC(CCC(C#N)C[C@H]1O[C@@H](OC)[C@@H]2OC(C)(C)O[C@@H]21)OCC. The number of ether oxygens (including phenoxy) is 6. The van der Waals surface area contributed by atoms with Crippen molar-refractivity contribution in [2.45, 2.75) is 83.6 Å². The lowest BCUT2D eigenvalue weighted by atomic mass is 9.94. The highest BCUT2D eigenvalue weighted by atomic mass is 16.8. The zero-order valence-electron chi connectivity index (χ0n) is 15.9. The summed E-state index contributed by atoms with van der Waals surface area (Å²) in [6.07, 6.45) is 0.503. The Morgan fingerprint density at radius 3 is 2.28 bits per heavy atom. The third-order valence-corrected chi connectivity index (χ3v) is 4.49. The van der Waals surface area contributed by atoms with E-state index in [1.807, 2.05) is 27.7 Å². The molecule has 2 rings (SSSR count). The predicted molar refractivity (Wildman–Crippen MR) is 89.5 cm³/mol. The third kappa shape index (κ3) is 5.36. The first-order valence-electron chi connectivity index (χ1n) is 9.10. The molecule has 2 aliphatic heterocycles. The zero-order valence-corrected chi connectivity index (χ0v) is 15.9. The standard InChI is InChI=1S/C18H31NO6/c1-6-21-14(22-7-2)9-8-12(11-19)10-13-15-16(17(20-5)23-13)25-18(3,4)24-15/h12-17H,6-10H2,1-5H3/t12?,13-,15-,16-,17-/m1/s1. The normalized spacial score (nSPS) is 31.9. The minimum absolute atomic E-state index is 0.169. The number of fused-ring (bicyclic) bond motifs is 1. The Balaban J connectivity index is 1.91. The van der Waals surface area contributed by atoms with Crippen LogP contribution in [0.25, 0.3) is 0 Å². The number of hydrogen-bond acceptors (Lipinski definition) is 7. The molecule has 2 fully saturated rings. The summed E-state index contributed by atoms with van der Waals surface area (Å²) in [6.45, 7) is 8.81. The second-order valence-corrected chi connectivity index (χ2v) is 6.82. The molecule has 2 aliphatic rings. The van der Waals surface area contributed by atoms with Crippen molar-refractivity contribution in [3.05, 3.63) is 0 Å². The van der Waals surface area contributed by atoms with Gasteiger partial charge in [0.15, 0.2) is 18.4 Å². The van der Waals surface area contributed by atoms with Crippen LogP contribution in [0.1, 0.15) is 47.0 Å². The minimum Gasteiger partial charge on any atom is -0.353 e. The van der Waals surface area contributed by atoms with Crippen molar-refractivity contribution >= 4 is 0 Å². The first-order valence-corrected chi connectivity index (χ1v) is 9.10. The van der Waals surface area contributed by atoms with Crippen LogP contribution in [0.15, 0.2) is 0 Å². The second kappa shape index (κ2) is 9.26. The average molecular weight is 357 g/mol. The highest BCUT2D eigenvalue weighted by Gasteiger charge is 2.55. The van der Waals surface area contributed by atoms with Crippen LogP contribution < -0.4 is 0 Å². The molecule has 25 heavy (non-hydrogen) atoms. The zero-order chi connectivity index (χ0) is 18.4. The molecule has 0 aromatic heterocycles. The maximum Gasteiger partial charge on any atom is 0.186 e. The fraction of sp³-hybridized carbons (Fsp3) is 0.944. The van der Waals surface area contributed by atoms with E-state index in [0.29, 0.717) is 32.5 Å². The first-order chi connectivity index (χ1) is 11.9. The van der Waals surface area contributed by atoms with E-state index >= 15 is 0 Å². The molecule has 0 spiro atoms. The van der Waals surface area contributed by atoms with Crippen molar-refractivity contribution < 1.29 is 28.4 Å². The van der Waals surface area contributed by atoms with E-state index < -0.39 is 12.1 Å². The third-order valence-electron chi connectivity index (χ3n) is 4.49. The Labute approximate surface area is 150 Å². The monoisotopic (exact) mass is 357 g/mol. The highest BCUT2D eigenvalue weighted by molar-refractivity contribution is 4.98. The Kier molecular flexibility index (Phi) is 7.62. The Hall–Kier alpha value is -0.750. The fourth-order valence-electron chi connectivity index (χ4n) is 3.46. The van der Waals surface area contributed by atoms with E-state index in [9.17, 15) is 5.26 Å². The van der Waals surface area contributed by atoms with Gasteiger partial charge in [-0.2, -0.15) is 5.26 Å². The van der Waals surface area contributed by atoms with E-state index in [2.05, 4.69) is 6.07 Å². The van der Waals surface area contributed by atoms with Gasteiger partial charge in [0.25, 0.3) is 0 Å². The molecule has 1 unspecified atom stereocenters. The largest absolute Gasteiger partial charge is 0.353 e. The van der Waals surface area contributed by atoms with Gasteiger partial charge in [0.1, 0.15) is 12.2 Å². The summed E-state index contributed by atoms with van der Waals surface area (Å²) in [5.74, 6) is -0.831. The molecule has 144 valence electrons. The summed E-state index contributed by atoms with van der Waals surface area (Å²) in [6, 6.07) is 2.37. The van der Waals surface area contributed by atoms with E-state index in [-0.39, 0.29) is 30.5 Å². The molecule has 0 aromatic rings. The highest BCUT2D eigenvalue weighted by Crippen LogP contribution is 2.41. The van der Waals surface area contributed by atoms with Crippen LogP contribution >= 0.6 is 0 Å². The first kappa shape index (κ1) is 20.6. The Bertz CT molecular complexity index is 445. The number of hydrogen-bond donors (Lipinski definition) is 0. The van der Waals surface area contributed by atoms with Gasteiger partial charge in [-0.1, -0.05) is 0 Å². The molecule has 2 heterocycles. The van der Waals surface area contributed by atoms with Crippen LogP contribution in [-0.4, -0.2) is 57.0 Å². The van der Waals surface area contributed by atoms with Crippen molar-refractivity contribution in [1.29, 1.82) is 5.26 Å². The van der Waals surface area contributed by atoms with Gasteiger partial charge in [-0.3, -0.25) is 0 Å². The minimum atomic E-state index is -0.661. The fourth-order valence-corrected chi connectivity index (χ4v) is 3.46. The molecule has 0 saturated carbocycles. The average Bonchev–Trinajstić information content (AvgIpc) is 3.05. The summed E-state index contributed by atoms with van der Waals surface area (Å²) >= 11 is 0. The van der Waals surface area contributed by atoms with Gasteiger partial charge in [0, 0.05) is 26.2 Å². The second-order valence-electron chi connectivity index (χ2n) is 6.82. The quantitative estimate of drug-likeness (QED) is 0.556. The molecule has 0 bridgehead atoms. The molecular formula is C18H31NO6. The number of rotatable bonds is 10. The Morgan fingerprint density at radius 2 is 1.72 bits per heavy atom. The molecule has 0 radical (unpaired) electrons. The molecule has 0 aliphatic carbocycles. The maximum absolute atomic E-state index is 9.53. The van der Waals surface area contributed by atoms with Crippen LogP contribution in [0.5, 0.6) is 0 Å². The summed E-state index contributed by atoms with van der Waals surface area (Å²) < 4.78 is 34.3. The molecular weight excluding hydrogens is 326 g/mol. The van der Waals surface area contributed by atoms with Gasteiger partial charge in [0.05, 0.1) is 12.2 Å². The molecule has 2 saturated heterocycles. The van der Waals surface area contributed by atoms with Crippen molar-refractivity contribution in [3.8, 4) is 6.07 Å². The van der Waals surface area contributed by atoms with Crippen LogP contribution in [0.4, 0.5) is 0 Å². The number of methoxy groups -OCH3 is 1. The molecule has 7 nitrogen and oxygen atoms in total.